The minimum atomic E-state index is 0.570. The van der Waals surface area contributed by atoms with Crippen LogP contribution in [0.1, 0.15) is 4.88 Å². The van der Waals surface area contributed by atoms with Gasteiger partial charge in [-0.05, 0) is 50.1 Å². The first-order valence-corrected chi connectivity index (χ1v) is 6.68. The maximum Gasteiger partial charge on any atom is 0.152 e. The molecule has 0 N–H and O–H groups in total. The lowest BCUT2D eigenvalue weighted by atomic mass is 10.4. The standard InChI is InChI=1S/C10H7Br2NOS/c11-7-4-8(15-6-7)5-14-9-2-1-3-13-10(9)12/h1-4,6H,5H2. The molecular weight excluding hydrogens is 342 g/mol. The fraction of sp³-hybridized carbons (Fsp3) is 0.100. The van der Waals surface area contributed by atoms with Gasteiger partial charge in [-0.3, -0.25) is 0 Å². The average molecular weight is 349 g/mol. The number of nitrogens with zero attached hydrogens (tertiary/aromatic N) is 1. The van der Waals surface area contributed by atoms with Gasteiger partial charge in [0.25, 0.3) is 0 Å². The summed E-state index contributed by atoms with van der Waals surface area (Å²) in [6, 6.07) is 5.79. The van der Waals surface area contributed by atoms with Gasteiger partial charge in [0.15, 0.2) is 5.75 Å². The molecule has 0 aliphatic heterocycles. The molecule has 2 nitrogen and oxygen atoms in total. The quantitative estimate of drug-likeness (QED) is 0.773. The molecule has 0 amide bonds. The van der Waals surface area contributed by atoms with Crippen molar-refractivity contribution in [2.75, 3.05) is 0 Å². The van der Waals surface area contributed by atoms with E-state index in [1.807, 2.05) is 17.5 Å². The third-order valence-electron chi connectivity index (χ3n) is 1.72. The summed E-state index contributed by atoms with van der Waals surface area (Å²) in [5.74, 6) is 0.766. The molecule has 0 aromatic carbocycles. The number of rotatable bonds is 3. The van der Waals surface area contributed by atoms with Crippen LogP contribution in [0.3, 0.4) is 0 Å². The summed E-state index contributed by atoms with van der Waals surface area (Å²) in [7, 11) is 0. The van der Waals surface area contributed by atoms with Gasteiger partial charge in [0.1, 0.15) is 11.2 Å². The number of hydrogen-bond acceptors (Lipinski definition) is 3. The maximum atomic E-state index is 5.62. The van der Waals surface area contributed by atoms with Crippen molar-refractivity contribution in [3.8, 4) is 5.75 Å². The summed E-state index contributed by atoms with van der Waals surface area (Å²) < 4.78 is 7.45. The van der Waals surface area contributed by atoms with Crippen molar-refractivity contribution < 1.29 is 4.74 Å². The number of halogens is 2. The summed E-state index contributed by atoms with van der Waals surface area (Å²) in [5, 5.41) is 2.04. The topological polar surface area (TPSA) is 22.1 Å². The summed E-state index contributed by atoms with van der Waals surface area (Å²) in [6.45, 7) is 0.570. The summed E-state index contributed by atoms with van der Waals surface area (Å²) in [4.78, 5) is 5.26. The Labute approximate surface area is 109 Å². The zero-order valence-corrected chi connectivity index (χ0v) is 11.6. The van der Waals surface area contributed by atoms with E-state index in [4.69, 9.17) is 4.74 Å². The lowest BCUT2D eigenvalue weighted by molar-refractivity contribution is 0.306. The second-order valence-electron chi connectivity index (χ2n) is 2.81. The number of aromatic nitrogens is 1. The second kappa shape index (κ2) is 5.09. The predicted molar refractivity (Wildman–Crippen MR) is 68.3 cm³/mol. The molecule has 2 aromatic heterocycles. The van der Waals surface area contributed by atoms with Gasteiger partial charge in [0, 0.05) is 20.9 Å². The molecule has 0 aliphatic carbocycles. The van der Waals surface area contributed by atoms with Crippen molar-refractivity contribution in [1.29, 1.82) is 0 Å². The molecule has 0 saturated heterocycles. The highest BCUT2D eigenvalue weighted by Crippen LogP contribution is 2.25. The van der Waals surface area contributed by atoms with Crippen molar-refractivity contribution in [2.45, 2.75) is 6.61 Å². The van der Waals surface area contributed by atoms with Crippen LogP contribution in [0.2, 0.25) is 0 Å². The van der Waals surface area contributed by atoms with Gasteiger partial charge in [-0.15, -0.1) is 11.3 Å². The summed E-state index contributed by atoms with van der Waals surface area (Å²) in [6.07, 6.45) is 1.72. The van der Waals surface area contributed by atoms with E-state index in [1.165, 1.54) is 4.88 Å². The van der Waals surface area contributed by atoms with Gasteiger partial charge < -0.3 is 4.74 Å². The fourth-order valence-electron chi connectivity index (χ4n) is 1.06. The first-order chi connectivity index (χ1) is 7.25. The van der Waals surface area contributed by atoms with Crippen molar-refractivity contribution in [2.24, 2.45) is 0 Å². The van der Waals surface area contributed by atoms with E-state index < -0.39 is 0 Å². The molecule has 0 unspecified atom stereocenters. The molecule has 5 heteroatoms. The minimum Gasteiger partial charge on any atom is -0.485 e. The highest BCUT2D eigenvalue weighted by atomic mass is 79.9. The number of hydrogen-bond donors (Lipinski definition) is 0. The van der Waals surface area contributed by atoms with Crippen LogP contribution >= 0.6 is 43.2 Å². The second-order valence-corrected chi connectivity index (χ2v) is 5.47. The van der Waals surface area contributed by atoms with Crippen LogP contribution < -0.4 is 4.74 Å². The SMILES string of the molecule is Brc1csc(COc2cccnc2Br)c1. The first-order valence-electron chi connectivity index (χ1n) is 4.22. The Morgan fingerprint density at radius 1 is 1.40 bits per heavy atom. The molecule has 0 saturated carbocycles. The third-order valence-corrected chi connectivity index (χ3v) is 3.98. The lowest BCUT2D eigenvalue weighted by Gasteiger charge is -2.05. The Morgan fingerprint density at radius 2 is 2.27 bits per heavy atom. The number of thiophene rings is 1. The van der Waals surface area contributed by atoms with Crippen LogP contribution in [0.4, 0.5) is 0 Å². The zero-order valence-electron chi connectivity index (χ0n) is 7.61. The molecular formula is C10H7Br2NOS. The van der Waals surface area contributed by atoms with E-state index in [0.29, 0.717) is 6.61 Å². The lowest BCUT2D eigenvalue weighted by Crippen LogP contribution is -1.94. The van der Waals surface area contributed by atoms with Gasteiger partial charge in [0.2, 0.25) is 0 Å². The molecule has 0 radical (unpaired) electrons. The molecule has 0 aliphatic rings. The summed E-state index contributed by atoms with van der Waals surface area (Å²) >= 11 is 8.41. The molecule has 2 rings (SSSR count). The number of ether oxygens (including phenoxy) is 1. The van der Waals surface area contributed by atoms with Gasteiger partial charge >= 0.3 is 0 Å². The molecule has 0 spiro atoms. The van der Waals surface area contributed by atoms with Crippen LogP contribution in [0.15, 0.2) is 38.9 Å². The maximum absolute atomic E-state index is 5.62. The van der Waals surface area contributed by atoms with E-state index in [0.717, 1.165) is 14.8 Å². The molecule has 0 fully saturated rings. The van der Waals surface area contributed by atoms with Crippen LogP contribution in [0.25, 0.3) is 0 Å². The van der Waals surface area contributed by atoms with E-state index >= 15 is 0 Å². The monoisotopic (exact) mass is 347 g/mol. The molecule has 0 bridgehead atoms. The van der Waals surface area contributed by atoms with Crippen molar-refractivity contribution >= 4 is 43.2 Å². The van der Waals surface area contributed by atoms with Gasteiger partial charge in [-0.2, -0.15) is 0 Å². The minimum absolute atomic E-state index is 0.570. The Morgan fingerprint density at radius 3 is 2.93 bits per heavy atom. The highest BCUT2D eigenvalue weighted by molar-refractivity contribution is 9.10. The third kappa shape index (κ3) is 3.03. The normalized spacial score (nSPS) is 10.3. The first kappa shape index (κ1) is 11.1. The van der Waals surface area contributed by atoms with Crippen LogP contribution in [-0.4, -0.2) is 4.98 Å². The Bertz CT molecular complexity index is 458. The Kier molecular flexibility index (Phi) is 3.77. The van der Waals surface area contributed by atoms with E-state index in [9.17, 15) is 0 Å². The van der Waals surface area contributed by atoms with Gasteiger partial charge in [0.05, 0.1) is 0 Å². The van der Waals surface area contributed by atoms with Crippen molar-refractivity contribution in [3.05, 3.63) is 43.7 Å². The van der Waals surface area contributed by atoms with Crippen molar-refractivity contribution in [1.82, 2.24) is 4.98 Å². The average Bonchev–Trinajstić information content (AvgIpc) is 2.63. The van der Waals surface area contributed by atoms with Crippen LogP contribution in [0.5, 0.6) is 5.75 Å². The van der Waals surface area contributed by atoms with Gasteiger partial charge in [-0.25, -0.2) is 4.98 Å². The van der Waals surface area contributed by atoms with E-state index in [1.54, 1.807) is 17.5 Å². The zero-order chi connectivity index (χ0) is 10.7. The molecule has 15 heavy (non-hydrogen) atoms. The Hall–Kier alpha value is -0.390. The van der Waals surface area contributed by atoms with Crippen LogP contribution in [0, 0.1) is 0 Å². The predicted octanol–water partition coefficient (Wildman–Crippen LogP) is 4.25. The largest absolute Gasteiger partial charge is 0.485 e. The highest BCUT2D eigenvalue weighted by Gasteiger charge is 2.02. The number of pyridine rings is 1. The molecule has 78 valence electrons. The molecule has 2 aromatic rings. The van der Waals surface area contributed by atoms with Gasteiger partial charge in [-0.1, -0.05) is 0 Å². The smallest absolute Gasteiger partial charge is 0.152 e. The van der Waals surface area contributed by atoms with Crippen molar-refractivity contribution in [3.63, 3.8) is 0 Å². The Balaban J connectivity index is 2.02. The van der Waals surface area contributed by atoms with E-state index in [-0.39, 0.29) is 0 Å². The molecule has 2 heterocycles. The van der Waals surface area contributed by atoms with E-state index in [2.05, 4.69) is 42.9 Å². The molecule has 0 atom stereocenters. The summed E-state index contributed by atoms with van der Waals surface area (Å²) in [5.41, 5.74) is 0. The fourth-order valence-corrected chi connectivity index (χ4v) is 2.78. The van der Waals surface area contributed by atoms with Crippen LogP contribution in [-0.2, 0) is 6.61 Å².